The molecule has 0 atom stereocenters. The molecule has 4 aromatic rings. The van der Waals surface area contributed by atoms with E-state index in [0.717, 1.165) is 11.3 Å². The Hall–Kier alpha value is -3.52. The molecule has 1 heterocycles. The van der Waals surface area contributed by atoms with E-state index in [1.54, 1.807) is 34.9 Å². The van der Waals surface area contributed by atoms with Gasteiger partial charge in [0.2, 0.25) is 5.91 Å². The van der Waals surface area contributed by atoms with Crippen molar-refractivity contribution in [3.63, 3.8) is 0 Å². The number of nitrogens with one attached hydrogen (secondary N) is 1. The molecule has 0 saturated carbocycles. The molecule has 0 spiro atoms. The molecule has 1 aromatic heterocycles. The number of hydrogen-bond acceptors (Lipinski definition) is 4. The molecule has 3 aromatic carbocycles. The first-order chi connectivity index (χ1) is 15.9. The van der Waals surface area contributed by atoms with Gasteiger partial charge in [0, 0.05) is 11.4 Å². The second-order valence-electron chi connectivity index (χ2n) is 7.68. The van der Waals surface area contributed by atoms with Crippen LogP contribution in [0.15, 0.2) is 78.0 Å². The van der Waals surface area contributed by atoms with E-state index < -0.39 is 11.6 Å². The smallest absolute Gasteiger partial charge is 0.234 e. The highest BCUT2D eigenvalue weighted by Crippen LogP contribution is 2.30. The normalized spacial score (nSPS) is 11.1. The standard InChI is InChI=1S/C25H22F2N4OS/c1-16(2)19-7-4-6-10-22(19)28-23(32)15-33-25-30-29-24(20-8-3-5-9-21(20)27)31(25)18-13-11-17(26)12-14-18/h3-14,16H,15H2,1-2H3,(H,28,32). The molecule has 168 valence electrons. The van der Waals surface area contributed by atoms with Crippen molar-refractivity contribution in [1.82, 2.24) is 14.8 Å². The van der Waals surface area contributed by atoms with Crippen molar-refractivity contribution in [3.05, 3.63) is 90.0 Å². The number of hydrogen-bond donors (Lipinski definition) is 1. The van der Waals surface area contributed by atoms with E-state index in [1.165, 1.54) is 30.0 Å². The van der Waals surface area contributed by atoms with Crippen LogP contribution in [-0.4, -0.2) is 26.4 Å². The van der Waals surface area contributed by atoms with E-state index in [1.807, 2.05) is 24.3 Å². The molecule has 0 bridgehead atoms. The maximum atomic E-state index is 14.5. The summed E-state index contributed by atoms with van der Waals surface area (Å²) in [5.41, 5.74) is 2.64. The number of amides is 1. The van der Waals surface area contributed by atoms with E-state index in [2.05, 4.69) is 29.4 Å². The summed E-state index contributed by atoms with van der Waals surface area (Å²) in [4.78, 5) is 12.7. The quantitative estimate of drug-likeness (QED) is 0.338. The van der Waals surface area contributed by atoms with E-state index in [4.69, 9.17) is 0 Å². The van der Waals surface area contributed by atoms with Gasteiger partial charge >= 0.3 is 0 Å². The Morgan fingerprint density at radius 3 is 2.39 bits per heavy atom. The predicted octanol–water partition coefficient (Wildman–Crippen LogP) is 6.07. The molecule has 5 nitrogen and oxygen atoms in total. The Morgan fingerprint density at radius 2 is 1.67 bits per heavy atom. The summed E-state index contributed by atoms with van der Waals surface area (Å²) in [6.07, 6.45) is 0. The number of aromatic nitrogens is 3. The van der Waals surface area contributed by atoms with Crippen LogP contribution in [-0.2, 0) is 4.79 Å². The summed E-state index contributed by atoms with van der Waals surface area (Å²) in [6, 6.07) is 19.6. The van der Waals surface area contributed by atoms with E-state index in [9.17, 15) is 13.6 Å². The van der Waals surface area contributed by atoms with Crippen molar-refractivity contribution in [2.24, 2.45) is 0 Å². The fourth-order valence-corrected chi connectivity index (χ4v) is 4.19. The van der Waals surface area contributed by atoms with Crippen LogP contribution in [0.2, 0.25) is 0 Å². The first-order valence-electron chi connectivity index (χ1n) is 10.4. The van der Waals surface area contributed by atoms with Gasteiger partial charge in [-0.25, -0.2) is 8.78 Å². The second kappa shape index (κ2) is 9.95. The van der Waals surface area contributed by atoms with Crippen LogP contribution >= 0.6 is 11.8 Å². The Bertz CT molecular complexity index is 1270. The summed E-state index contributed by atoms with van der Waals surface area (Å²) in [7, 11) is 0. The minimum atomic E-state index is -0.451. The summed E-state index contributed by atoms with van der Waals surface area (Å²) >= 11 is 1.17. The van der Waals surface area contributed by atoms with E-state index in [0.29, 0.717) is 10.8 Å². The number of rotatable bonds is 7. The highest BCUT2D eigenvalue weighted by atomic mass is 32.2. The molecule has 33 heavy (non-hydrogen) atoms. The summed E-state index contributed by atoms with van der Waals surface area (Å²) in [5, 5.41) is 11.7. The Morgan fingerprint density at radius 1 is 0.970 bits per heavy atom. The van der Waals surface area contributed by atoms with Gasteiger partial charge in [-0.2, -0.15) is 0 Å². The van der Waals surface area contributed by atoms with Crippen molar-refractivity contribution in [2.75, 3.05) is 11.1 Å². The lowest BCUT2D eigenvalue weighted by Crippen LogP contribution is -2.16. The SMILES string of the molecule is CC(C)c1ccccc1NC(=O)CSc1nnc(-c2ccccc2F)n1-c1ccc(F)cc1. The fraction of sp³-hybridized carbons (Fsp3) is 0.160. The molecule has 0 fully saturated rings. The molecular formula is C25H22F2N4OS. The van der Waals surface area contributed by atoms with Gasteiger partial charge in [-0.3, -0.25) is 9.36 Å². The molecular weight excluding hydrogens is 442 g/mol. The fourth-order valence-electron chi connectivity index (χ4n) is 3.43. The van der Waals surface area contributed by atoms with Crippen molar-refractivity contribution < 1.29 is 13.6 Å². The largest absolute Gasteiger partial charge is 0.325 e. The summed E-state index contributed by atoms with van der Waals surface area (Å²) in [5.74, 6) is -0.436. The van der Waals surface area contributed by atoms with Crippen LogP contribution in [0.1, 0.15) is 25.3 Å². The van der Waals surface area contributed by atoms with Gasteiger partial charge in [0.25, 0.3) is 0 Å². The average molecular weight is 465 g/mol. The van der Waals surface area contributed by atoms with Gasteiger partial charge in [0.15, 0.2) is 11.0 Å². The third-order valence-electron chi connectivity index (χ3n) is 5.02. The molecule has 0 aliphatic heterocycles. The lowest BCUT2D eigenvalue weighted by Gasteiger charge is -2.14. The van der Waals surface area contributed by atoms with Crippen molar-refractivity contribution in [3.8, 4) is 17.1 Å². The lowest BCUT2D eigenvalue weighted by molar-refractivity contribution is -0.113. The Balaban J connectivity index is 1.61. The number of nitrogens with zero attached hydrogens (tertiary/aromatic N) is 3. The minimum Gasteiger partial charge on any atom is -0.325 e. The molecule has 1 N–H and O–H groups in total. The van der Waals surface area contributed by atoms with Gasteiger partial charge < -0.3 is 5.32 Å². The molecule has 0 radical (unpaired) electrons. The van der Waals surface area contributed by atoms with Gasteiger partial charge in [-0.05, 0) is 53.9 Å². The zero-order valence-corrected chi connectivity index (χ0v) is 18.9. The van der Waals surface area contributed by atoms with Gasteiger partial charge in [-0.1, -0.05) is 55.9 Å². The van der Waals surface area contributed by atoms with Crippen molar-refractivity contribution in [1.29, 1.82) is 0 Å². The molecule has 0 aliphatic carbocycles. The molecule has 0 saturated heterocycles. The van der Waals surface area contributed by atoms with Gasteiger partial charge in [0.1, 0.15) is 11.6 Å². The number of carbonyl (C=O) groups excluding carboxylic acids is 1. The number of carbonyl (C=O) groups is 1. The van der Waals surface area contributed by atoms with Crippen LogP contribution < -0.4 is 5.32 Å². The molecule has 0 aliphatic rings. The number of halogens is 2. The minimum absolute atomic E-state index is 0.0724. The first-order valence-corrected chi connectivity index (χ1v) is 11.4. The van der Waals surface area contributed by atoms with E-state index >= 15 is 0 Å². The third-order valence-corrected chi connectivity index (χ3v) is 5.95. The summed E-state index contributed by atoms with van der Waals surface area (Å²) < 4.78 is 29.6. The highest BCUT2D eigenvalue weighted by molar-refractivity contribution is 7.99. The monoisotopic (exact) mass is 464 g/mol. The summed E-state index contributed by atoms with van der Waals surface area (Å²) in [6.45, 7) is 4.13. The zero-order valence-electron chi connectivity index (χ0n) is 18.1. The Labute approximate surface area is 194 Å². The van der Waals surface area contributed by atoms with Crippen molar-refractivity contribution >= 4 is 23.4 Å². The number of anilines is 1. The van der Waals surface area contributed by atoms with Crippen LogP contribution in [0.25, 0.3) is 17.1 Å². The first kappa shape index (κ1) is 22.7. The zero-order chi connectivity index (χ0) is 23.4. The molecule has 1 amide bonds. The predicted molar refractivity (Wildman–Crippen MR) is 127 cm³/mol. The topological polar surface area (TPSA) is 59.8 Å². The van der Waals surface area contributed by atoms with Crippen LogP contribution in [0, 0.1) is 11.6 Å². The Kier molecular flexibility index (Phi) is 6.84. The number of benzene rings is 3. The molecule has 0 unspecified atom stereocenters. The third kappa shape index (κ3) is 5.12. The van der Waals surface area contributed by atoms with E-state index in [-0.39, 0.29) is 29.0 Å². The highest BCUT2D eigenvalue weighted by Gasteiger charge is 2.20. The molecule has 4 rings (SSSR count). The van der Waals surface area contributed by atoms with Gasteiger partial charge in [-0.15, -0.1) is 10.2 Å². The maximum absolute atomic E-state index is 14.5. The lowest BCUT2D eigenvalue weighted by atomic mass is 10.0. The number of thioether (sulfide) groups is 1. The van der Waals surface area contributed by atoms with Crippen molar-refractivity contribution in [2.45, 2.75) is 24.9 Å². The average Bonchev–Trinajstić information content (AvgIpc) is 3.22. The second-order valence-corrected chi connectivity index (χ2v) is 8.62. The molecule has 8 heteroatoms. The maximum Gasteiger partial charge on any atom is 0.234 e. The van der Waals surface area contributed by atoms with Crippen LogP contribution in [0.3, 0.4) is 0 Å². The number of para-hydroxylation sites is 1. The van der Waals surface area contributed by atoms with Gasteiger partial charge in [0.05, 0.1) is 11.3 Å². The van der Waals surface area contributed by atoms with Crippen LogP contribution in [0.4, 0.5) is 14.5 Å². The van der Waals surface area contributed by atoms with Crippen LogP contribution in [0.5, 0.6) is 0 Å².